The third kappa shape index (κ3) is 3.40. The van der Waals surface area contributed by atoms with Gasteiger partial charge in [0.25, 0.3) is 0 Å². The lowest BCUT2D eigenvalue weighted by molar-refractivity contribution is -0.129. The predicted molar refractivity (Wildman–Crippen MR) is 43.4 cm³/mol. The van der Waals surface area contributed by atoms with Crippen LogP contribution < -0.4 is 0 Å². The van der Waals surface area contributed by atoms with Crippen molar-refractivity contribution < 1.29 is 9.90 Å². The molecular formula is C6H8BrNO2. The number of nitrogens with zero attached hydrogens (tertiary/aromatic N) is 1. The molecule has 0 aromatic rings. The summed E-state index contributed by atoms with van der Waals surface area (Å²) < 4.78 is 0.535. The first-order valence-corrected chi connectivity index (χ1v) is 3.47. The molecule has 0 aromatic carbocycles. The van der Waals surface area contributed by atoms with Crippen LogP contribution in [0.1, 0.15) is 13.8 Å². The lowest BCUT2D eigenvalue weighted by Gasteiger charge is -1.90. The van der Waals surface area contributed by atoms with Gasteiger partial charge in [-0.05, 0) is 29.8 Å². The molecule has 0 heterocycles. The molecule has 3 nitrogen and oxygen atoms in total. The summed E-state index contributed by atoms with van der Waals surface area (Å²) in [7, 11) is 0. The van der Waals surface area contributed by atoms with Crippen LogP contribution in [0.25, 0.3) is 0 Å². The highest BCUT2D eigenvalue weighted by Gasteiger charge is 2.00. The fourth-order valence-electron chi connectivity index (χ4n) is 0.273. The van der Waals surface area contributed by atoms with Crippen molar-refractivity contribution in [2.75, 3.05) is 0 Å². The van der Waals surface area contributed by atoms with Gasteiger partial charge in [-0.25, -0.2) is 9.79 Å². The van der Waals surface area contributed by atoms with E-state index in [1.165, 1.54) is 6.92 Å². The minimum atomic E-state index is -1.00. The van der Waals surface area contributed by atoms with E-state index in [9.17, 15) is 4.79 Å². The van der Waals surface area contributed by atoms with Gasteiger partial charge >= 0.3 is 5.97 Å². The van der Waals surface area contributed by atoms with Crippen LogP contribution >= 0.6 is 15.9 Å². The maximum absolute atomic E-state index is 10.2. The van der Waals surface area contributed by atoms with Crippen LogP contribution in [0.5, 0.6) is 0 Å². The molecule has 1 N–H and O–H groups in total. The number of allylic oxidation sites excluding steroid dienone is 1. The number of carboxylic acids is 1. The molecule has 0 fully saturated rings. The number of rotatable bonds is 2. The summed E-state index contributed by atoms with van der Waals surface area (Å²) in [6.45, 7) is 3.20. The number of hydrogen-bond donors (Lipinski definition) is 1. The van der Waals surface area contributed by atoms with E-state index in [0.717, 1.165) is 0 Å². The van der Waals surface area contributed by atoms with Crippen molar-refractivity contribution in [2.24, 2.45) is 4.99 Å². The third-order valence-corrected chi connectivity index (χ3v) is 1.46. The number of carbonyl (C=O) groups is 1. The Morgan fingerprint density at radius 1 is 1.70 bits per heavy atom. The molecular weight excluding hydrogens is 198 g/mol. The molecule has 0 aromatic heterocycles. The largest absolute Gasteiger partial charge is 0.477 e. The fraction of sp³-hybridized carbons (Fsp3) is 0.333. The Balaban J connectivity index is 4.31. The van der Waals surface area contributed by atoms with Gasteiger partial charge in [0, 0.05) is 0 Å². The lowest BCUT2D eigenvalue weighted by atomic mass is 10.4. The zero-order valence-electron chi connectivity index (χ0n) is 5.76. The Labute approximate surface area is 67.6 Å². The smallest absolute Gasteiger partial charge is 0.349 e. The molecule has 4 heteroatoms. The zero-order valence-corrected chi connectivity index (χ0v) is 7.34. The summed E-state index contributed by atoms with van der Waals surface area (Å²) in [5.74, 6) is -1.00. The molecule has 0 amide bonds. The van der Waals surface area contributed by atoms with Gasteiger partial charge in [-0.2, -0.15) is 0 Å². The van der Waals surface area contributed by atoms with Gasteiger partial charge in [-0.15, -0.1) is 0 Å². The third-order valence-electron chi connectivity index (χ3n) is 0.822. The minimum absolute atomic E-state index is 0.0741. The van der Waals surface area contributed by atoms with Crippen LogP contribution in [-0.2, 0) is 4.79 Å². The van der Waals surface area contributed by atoms with Crippen molar-refractivity contribution in [3.8, 4) is 0 Å². The number of carboxylic acid groups (broad SMARTS) is 1. The van der Waals surface area contributed by atoms with Crippen LogP contribution in [0.2, 0.25) is 0 Å². The van der Waals surface area contributed by atoms with Crippen molar-refractivity contribution in [1.29, 1.82) is 0 Å². The first kappa shape index (κ1) is 9.36. The standard InChI is InChI=1S/C6H8BrNO2/c1-3-5(7)8-4(2)6(9)10/h3H,1-2H3,(H,9,10)/b5-3-,8-4?. The topological polar surface area (TPSA) is 49.7 Å². The highest BCUT2D eigenvalue weighted by atomic mass is 79.9. The van der Waals surface area contributed by atoms with Crippen molar-refractivity contribution in [3.05, 3.63) is 10.7 Å². The molecule has 0 saturated heterocycles. The second-order valence-corrected chi connectivity index (χ2v) is 2.43. The Hall–Kier alpha value is -0.640. The normalized spacial score (nSPS) is 13.5. The van der Waals surface area contributed by atoms with Crippen molar-refractivity contribution in [2.45, 2.75) is 13.8 Å². The first-order chi connectivity index (χ1) is 4.57. The van der Waals surface area contributed by atoms with Crippen LogP contribution in [-0.4, -0.2) is 16.8 Å². The van der Waals surface area contributed by atoms with Crippen molar-refractivity contribution >= 4 is 27.6 Å². The monoisotopic (exact) mass is 205 g/mol. The summed E-state index contributed by atoms with van der Waals surface area (Å²) in [6.07, 6.45) is 1.67. The van der Waals surface area contributed by atoms with Gasteiger partial charge in [-0.1, -0.05) is 6.08 Å². The summed E-state index contributed by atoms with van der Waals surface area (Å²) in [5.41, 5.74) is 0.0741. The SMILES string of the molecule is C/C=C(/Br)N=C(C)C(=O)O. The Morgan fingerprint density at radius 3 is 2.50 bits per heavy atom. The molecule has 0 spiro atoms. The van der Waals surface area contributed by atoms with Gasteiger partial charge in [-0.3, -0.25) is 0 Å². The summed E-state index contributed by atoms with van der Waals surface area (Å²) >= 11 is 3.06. The Morgan fingerprint density at radius 2 is 2.20 bits per heavy atom. The quantitative estimate of drug-likeness (QED) is 0.553. The second-order valence-electron chi connectivity index (χ2n) is 1.61. The van der Waals surface area contributed by atoms with E-state index in [-0.39, 0.29) is 5.71 Å². The molecule has 0 aliphatic rings. The van der Waals surface area contributed by atoms with E-state index in [4.69, 9.17) is 5.11 Å². The fourth-order valence-corrected chi connectivity index (χ4v) is 0.539. The predicted octanol–water partition coefficient (Wildman–Crippen LogP) is 1.79. The average Bonchev–Trinajstić information content (AvgIpc) is 1.87. The number of hydrogen-bond acceptors (Lipinski definition) is 2. The Kier molecular flexibility index (Phi) is 3.95. The van der Waals surface area contributed by atoms with Crippen molar-refractivity contribution in [1.82, 2.24) is 0 Å². The van der Waals surface area contributed by atoms with Gasteiger partial charge in [0.2, 0.25) is 0 Å². The van der Waals surface area contributed by atoms with Gasteiger partial charge in [0.1, 0.15) is 10.3 Å². The summed E-state index contributed by atoms with van der Waals surface area (Å²) in [5, 5.41) is 8.35. The Bertz CT molecular complexity index is 196. The molecule has 56 valence electrons. The molecule has 0 atom stereocenters. The molecule has 10 heavy (non-hydrogen) atoms. The molecule has 0 aliphatic carbocycles. The maximum atomic E-state index is 10.2. The molecule has 0 saturated carbocycles. The van der Waals surface area contributed by atoms with Gasteiger partial charge in [0.15, 0.2) is 0 Å². The summed E-state index contributed by atoms with van der Waals surface area (Å²) in [6, 6.07) is 0. The van der Waals surface area contributed by atoms with E-state index in [0.29, 0.717) is 4.61 Å². The molecule has 0 radical (unpaired) electrons. The van der Waals surface area contributed by atoms with Crippen molar-refractivity contribution in [3.63, 3.8) is 0 Å². The first-order valence-electron chi connectivity index (χ1n) is 2.68. The number of halogens is 1. The van der Waals surface area contributed by atoms with E-state index < -0.39 is 5.97 Å². The van der Waals surface area contributed by atoms with E-state index >= 15 is 0 Å². The number of aliphatic carboxylic acids is 1. The highest BCUT2D eigenvalue weighted by molar-refractivity contribution is 9.11. The minimum Gasteiger partial charge on any atom is -0.477 e. The number of aliphatic imine (C=N–C) groups is 1. The van der Waals surface area contributed by atoms with E-state index in [1.54, 1.807) is 13.0 Å². The van der Waals surface area contributed by atoms with Gasteiger partial charge < -0.3 is 5.11 Å². The van der Waals surface area contributed by atoms with Crippen LogP contribution in [0.15, 0.2) is 15.7 Å². The molecule has 0 unspecified atom stereocenters. The van der Waals surface area contributed by atoms with Crippen LogP contribution in [0.3, 0.4) is 0 Å². The van der Waals surface area contributed by atoms with Crippen LogP contribution in [0.4, 0.5) is 0 Å². The highest BCUT2D eigenvalue weighted by Crippen LogP contribution is 2.05. The average molecular weight is 206 g/mol. The zero-order chi connectivity index (χ0) is 8.15. The molecule has 0 rings (SSSR count). The van der Waals surface area contributed by atoms with Crippen LogP contribution in [0, 0.1) is 0 Å². The molecule has 0 aliphatic heterocycles. The maximum Gasteiger partial charge on any atom is 0.349 e. The lowest BCUT2D eigenvalue weighted by Crippen LogP contribution is -2.07. The van der Waals surface area contributed by atoms with E-state index in [1.807, 2.05) is 0 Å². The van der Waals surface area contributed by atoms with Gasteiger partial charge in [0.05, 0.1) is 0 Å². The second kappa shape index (κ2) is 4.22. The molecule has 0 bridgehead atoms. The van der Waals surface area contributed by atoms with E-state index in [2.05, 4.69) is 20.9 Å². The summed E-state index contributed by atoms with van der Waals surface area (Å²) in [4.78, 5) is 13.9.